The molecule has 102 valence electrons. The van der Waals surface area contributed by atoms with E-state index in [-0.39, 0.29) is 11.9 Å². The summed E-state index contributed by atoms with van der Waals surface area (Å²) < 4.78 is 15.8. The van der Waals surface area contributed by atoms with Gasteiger partial charge in [-0.2, -0.15) is 0 Å². The highest BCUT2D eigenvalue weighted by Crippen LogP contribution is 2.28. The second-order valence-electron chi connectivity index (χ2n) is 5.03. The number of aryl methyl sites for hydroxylation is 1. The molecule has 0 aliphatic rings. The van der Waals surface area contributed by atoms with Crippen molar-refractivity contribution in [3.63, 3.8) is 0 Å². The summed E-state index contributed by atoms with van der Waals surface area (Å²) in [5.41, 5.74) is 9.52. The first-order valence-electron chi connectivity index (χ1n) is 6.56. The first kappa shape index (κ1) is 12.7. The van der Waals surface area contributed by atoms with Crippen LogP contribution >= 0.6 is 0 Å². The van der Waals surface area contributed by atoms with E-state index in [9.17, 15) is 4.39 Å². The van der Waals surface area contributed by atoms with E-state index in [0.717, 1.165) is 16.6 Å². The molecule has 3 rings (SSSR count). The molecule has 3 nitrogen and oxygen atoms in total. The molecule has 1 atom stereocenters. The zero-order chi connectivity index (χ0) is 14.3. The molecule has 0 radical (unpaired) electrons. The zero-order valence-corrected chi connectivity index (χ0v) is 11.5. The summed E-state index contributed by atoms with van der Waals surface area (Å²) in [7, 11) is 0. The van der Waals surface area contributed by atoms with Crippen molar-refractivity contribution in [1.82, 2.24) is 9.55 Å². The summed E-state index contributed by atoms with van der Waals surface area (Å²) in [6.07, 6.45) is 0. The summed E-state index contributed by atoms with van der Waals surface area (Å²) >= 11 is 0. The Bertz CT molecular complexity index is 776. The predicted molar refractivity (Wildman–Crippen MR) is 79.1 cm³/mol. The van der Waals surface area contributed by atoms with Gasteiger partial charge < -0.3 is 10.3 Å². The number of benzene rings is 2. The molecule has 1 heterocycles. The van der Waals surface area contributed by atoms with E-state index < -0.39 is 0 Å². The van der Waals surface area contributed by atoms with Crippen molar-refractivity contribution in [1.29, 1.82) is 0 Å². The molecule has 0 saturated heterocycles. The molecule has 0 amide bonds. The van der Waals surface area contributed by atoms with Crippen molar-refractivity contribution < 1.29 is 4.39 Å². The Balaban J connectivity index is 2.21. The molecule has 1 unspecified atom stereocenters. The third-order valence-corrected chi connectivity index (χ3v) is 3.61. The molecule has 2 N–H and O–H groups in total. The van der Waals surface area contributed by atoms with Crippen LogP contribution in [0.25, 0.3) is 11.0 Å². The third kappa shape index (κ3) is 1.93. The molecule has 1 aromatic heterocycles. The first-order valence-corrected chi connectivity index (χ1v) is 6.56. The normalized spacial score (nSPS) is 12.8. The van der Waals surface area contributed by atoms with Gasteiger partial charge >= 0.3 is 0 Å². The number of hydrogen-bond donors (Lipinski definition) is 1. The number of nitrogen functional groups attached to an aromatic ring is 1. The van der Waals surface area contributed by atoms with Crippen LogP contribution in [0.4, 0.5) is 10.3 Å². The van der Waals surface area contributed by atoms with E-state index >= 15 is 0 Å². The largest absolute Gasteiger partial charge is 0.369 e. The van der Waals surface area contributed by atoms with Gasteiger partial charge in [-0.1, -0.05) is 24.3 Å². The molecule has 2 aromatic carbocycles. The van der Waals surface area contributed by atoms with Crippen LogP contribution in [0.2, 0.25) is 0 Å². The second kappa shape index (κ2) is 4.63. The molecular weight excluding hydrogens is 253 g/mol. The predicted octanol–water partition coefficient (Wildman–Crippen LogP) is 3.68. The molecule has 0 saturated carbocycles. The number of anilines is 1. The molecule has 0 bridgehead atoms. The van der Waals surface area contributed by atoms with Gasteiger partial charge in [0.25, 0.3) is 0 Å². The quantitative estimate of drug-likeness (QED) is 0.771. The Morgan fingerprint density at radius 2 is 1.95 bits per heavy atom. The van der Waals surface area contributed by atoms with Crippen molar-refractivity contribution in [3.8, 4) is 0 Å². The Labute approximate surface area is 116 Å². The number of imidazole rings is 1. The molecule has 0 aliphatic heterocycles. The van der Waals surface area contributed by atoms with Crippen LogP contribution in [-0.4, -0.2) is 9.55 Å². The molecule has 3 aromatic rings. The fraction of sp³-hybridized carbons (Fsp3) is 0.188. The molecule has 20 heavy (non-hydrogen) atoms. The highest BCUT2D eigenvalue weighted by atomic mass is 19.1. The Hall–Kier alpha value is -2.36. The van der Waals surface area contributed by atoms with Crippen molar-refractivity contribution in [2.24, 2.45) is 0 Å². The van der Waals surface area contributed by atoms with E-state index in [4.69, 9.17) is 5.73 Å². The Morgan fingerprint density at radius 1 is 1.20 bits per heavy atom. The summed E-state index contributed by atoms with van der Waals surface area (Å²) in [6, 6.07) is 12.5. The van der Waals surface area contributed by atoms with Crippen molar-refractivity contribution in [2.45, 2.75) is 19.9 Å². The molecular formula is C16H16FN3. The first-order chi connectivity index (χ1) is 9.58. The lowest BCUT2D eigenvalue weighted by Gasteiger charge is -2.17. The van der Waals surface area contributed by atoms with Crippen molar-refractivity contribution >= 4 is 17.0 Å². The number of hydrogen-bond acceptors (Lipinski definition) is 2. The van der Waals surface area contributed by atoms with Gasteiger partial charge in [-0.25, -0.2) is 9.37 Å². The van der Waals surface area contributed by atoms with Crippen LogP contribution in [0.1, 0.15) is 24.1 Å². The van der Waals surface area contributed by atoms with E-state index in [1.807, 2.05) is 42.7 Å². The lowest BCUT2D eigenvalue weighted by molar-refractivity contribution is 0.567. The summed E-state index contributed by atoms with van der Waals surface area (Å²) in [5.74, 6) is 0.176. The van der Waals surface area contributed by atoms with Crippen molar-refractivity contribution in [2.75, 3.05) is 5.73 Å². The zero-order valence-electron chi connectivity index (χ0n) is 11.5. The SMILES string of the molecule is Cc1ccc2nc(N)n(C(C)c3ccccc3F)c2c1. The van der Waals surface area contributed by atoms with E-state index in [2.05, 4.69) is 4.98 Å². The number of halogens is 1. The van der Waals surface area contributed by atoms with Gasteiger partial charge in [0.1, 0.15) is 5.82 Å². The minimum absolute atomic E-state index is 0.206. The van der Waals surface area contributed by atoms with Gasteiger partial charge in [-0.15, -0.1) is 0 Å². The van der Waals surface area contributed by atoms with Gasteiger partial charge in [-0.3, -0.25) is 0 Å². The van der Waals surface area contributed by atoms with E-state index in [1.165, 1.54) is 6.07 Å². The fourth-order valence-corrected chi connectivity index (χ4v) is 2.58. The maximum Gasteiger partial charge on any atom is 0.201 e. The summed E-state index contributed by atoms with van der Waals surface area (Å²) in [6.45, 7) is 3.94. The molecule has 0 spiro atoms. The van der Waals surface area contributed by atoms with Gasteiger partial charge in [0.15, 0.2) is 0 Å². The topological polar surface area (TPSA) is 43.8 Å². The van der Waals surface area contributed by atoms with Crippen LogP contribution in [0.15, 0.2) is 42.5 Å². The Morgan fingerprint density at radius 3 is 2.70 bits per heavy atom. The highest BCUT2D eigenvalue weighted by Gasteiger charge is 2.18. The molecule has 0 aliphatic carbocycles. The van der Waals surface area contributed by atoms with E-state index in [0.29, 0.717) is 11.5 Å². The minimum atomic E-state index is -0.228. The molecule has 0 fully saturated rings. The average Bonchev–Trinajstić information content (AvgIpc) is 2.74. The lowest BCUT2D eigenvalue weighted by Crippen LogP contribution is -2.11. The Kier molecular flexibility index (Phi) is 2.93. The smallest absolute Gasteiger partial charge is 0.201 e. The average molecular weight is 269 g/mol. The minimum Gasteiger partial charge on any atom is -0.369 e. The fourth-order valence-electron chi connectivity index (χ4n) is 2.58. The van der Waals surface area contributed by atoms with Crippen LogP contribution in [0.5, 0.6) is 0 Å². The number of nitrogens with zero attached hydrogens (tertiary/aromatic N) is 2. The highest BCUT2D eigenvalue weighted by molar-refractivity contribution is 5.79. The third-order valence-electron chi connectivity index (χ3n) is 3.61. The number of fused-ring (bicyclic) bond motifs is 1. The monoisotopic (exact) mass is 269 g/mol. The summed E-state index contributed by atoms with van der Waals surface area (Å²) in [4.78, 5) is 4.35. The number of rotatable bonds is 2. The number of nitrogens with two attached hydrogens (primary N) is 1. The van der Waals surface area contributed by atoms with Crippen LogP contribution in [0.3, 0.4) is 0 Å². The standard InChI is InChI=1S/C16H16FN3/c1-10-7-8-14-15(9-10)20(16(18)19-14)11(2)12-5-3-4-6-13(12)17/h3-9,11H,1-2H3,(H2,18,19). The van der Waals surface area contributed by atoms with E-state index in [1.54, 1.807) is 12.1 Å². The van der Waals surface area contributed by atoms with Crippen LogP contribution in [0, 0.1) is 12.7 Å². The maximum atomic E-state index is 14.0. The van der Waals surface area contributed by atoms with Crippen molar-refractivity contribution in [3.05, 3.63) is 59.4 Å². The number of aromatic nitrogens is 2. The second-order valence-corrected chi connectivity index (χ2v) is 5.03. The van der Waals surface area contributed by atoms with Gasteiger partial charge in [0.2, 0.25) is 5.95 Å². The van der Waals surface area contributed by atoms with Crippen LogP contribution < -0.4 is 5.73 Å². The lowest BCUT2D eigenvalue weighted by atomic mass is 10.1. The van der Waals surface area contributed by atoms with Gasteiger partial charge in [-0.05, 0) is 37.6 Å². The molecule has 4 heteroatoms. The summed E-state index contributed by atoms with van der Waals surface area (Å²) in [5, 5.41) is 0. The maximum absolute atomic E-state index is 14.0. The van der Waals surface area contributed by atoms with Gasteiger partial charge in [0, 0.05) is 5.56 Å². The van der Waals surface area contributed by atoms with Gasteiger partial charge in [0.05, 0.1) is 17.1 Å². The van der Waals surface area contributed by atoms with Crippen LogP contribution in [-0.2, 0) is 0 Å².